The van der Waals surface area contributed by atoms with Crippen molar-refractivity contribution in [3.63, 3.8) is 0 Å². The highest BCUT2D eigenvalue weighted by Gasteiger charge is 1.94. The van der Waals surface area contributed by atoms with Crippen molar-refractivity contribution in [2.24, 2.45) is 5.84 Å². The first-order valence-corrected chi connectivity index (χ1v) is 4.00. The second-order valence-electron chi connectivity index (χ2n) is 1.73. The molecule has 0 saturated heterocycles. The summed E-state index contributed by atoms with van der Waals surface area (Å²) in [5.74, 6) is 7.43. The fraction of sp³-hybridized carbons (Fsp3) is 1.00. The Balaban J connectivity index is 2.86. The van der Waals surface area contributed by atoms with Crippen LogP contribution in [-0.4, -0.2) is 17.5 Å². The molecule has 0 heterocycles. The van der Waals surface area contributed by atoms with Gasteiger partial charge in [0.2, 0.25) is 0 Å². The Hall–Kier alpha value is 0.270. The van der Waals surface area contributed by atoms with E-state index in [2.05, 4.69) is 19.3 Å². The summed E-state index contributed by atoms with van der Waals surface area (Å²) in [5, 5.41) is 0. The van der Waals surface area contributed by atoms with Crippen molar-refractivity contribution in [3.05, 3.63) is 0 Å². The van der Waals surface area contributed by atoms with Crippen molar-refractivity contribution in [3.8, 4) is 0 Å². The van der Waals surface area contributed by atoms with Crippen LogP contribution in [0.15, 0.2) is 0 Å². The Bertz CT molecular complexity index is 49.7. The highest BCUT2D eigenvalue weighted by molar-refractivity contribution is 7.99. The van der Waals surface area contributed by atoms with Crippen molar-refractivity contribution < 1.29 is 0 Å². The van der Waals surface area contributed by atoms with Crippen LogP contribution in [0.4, 0.5) is 0 Å². The average molecular weight is 134 g/mol. The average Bonchev–Trinajstić information content (AvgIpc) is 1.83. The van der Waals surface area contributed by atoms with Gasteiger partial charge in [0.05, 0.1) is 0 Å². The number of nitrogens with two attached hydrogens (primary N) is 1. The third kappa shape index (κ3) is 4.43. The van der Waals surface area contributed by atoms with E-state index in [1.54, 1.807) is 0 Å². The SMILES string of the molecule is CCSC[C@@H](C)NN. The topological polar surface area (TPSA) is 38.0 Å². The van der Waals surface area contributed by atoms with Gasteiger partial charge in [-0.2, -0.15) is 11.8 Å². The predicted molar refractivity (Wildman–Crippen MR) is 39.8 cm³/mol. The van der Waals surface area contributed by atoms with Crippen LogP contribution in [0.1, 0.15) is 13.8 Å². The molecule has 0 spiro atoms. The molecule has 0 aliphatic carbocycles. The maximum Gasteiger partial charge on any atom is 0.0272 e. The summed E-state index contributed by atoms with van der Waals surface area (Å²) in [6.07, 6.45) is 0. The molecule has 0 aromatic rings. The zero-order valence-electron chi connectivity index (χ0n) is 5.48. The van der Waals surface area contributed by atoms with Crippen LogP contribution in [0.3, 0.4) is 0 Å². The Labute approximate surface area is 55.2 Å². The van der Waals surface area contributed by atoms with Crippen molar-refractivity contribution in [2.45, 2.75) is 19.9 Å². The summed E-state index contributed by atoms with van der Waals surface area (Å²) in [7, 11) is 0. The van der Waals surface area contributed by atoms with Gasteiger partial charge in [-0.3, -0.25) is 11.3 Å². The first-order valence-electron chi connectivity index (χ1n) is 2.85. The van der Waals surface area contributed by atoms with Crippen molar-refractivity contribution in [1.82, 2.24) is 5.43 Å². The molecule has 0 aliphatic rings. The Morgan fingerprint density at radius 1 is 1.75 bits per heavy atom. The van der Waals surface area contributed by atoms with Gasteiger partial charge in [0.25, 0.3) is 0 Å². The predicted octanol–water partition coefficient (Wildman–Crippen LogP) is 0.591. The van der Waals surface area contributed by atoms with Crippen LogP contribution < -0.4 is 11.3 Å². The van der Waals surface area contributed by atoms with Gasteiger partial charge in [-0.1, -0.05) is 6.92 Å². The lowest BCUT2D eigenvalue weighted by atomic mass is 10.4. The van der Waals surface area contributed by atoms with E-state index in [-0.39, 0.29) is 0 Å². The fourth-order valence-corrected chi connectivity index (χ4v) is 1.03. The lowest BCUT2D eigenvalue weighted by molar-refractivity contribution is 0.626. The van der Waals surface area contributed by atoms with E-state index in [0.29, 0.717) is 6.04 Å². The van der Waals surface area contributed by atoms with Crippen LogP contribution in [0.5, 0.6) is 0 Å². The number of hydrazine groups is 1. The van der Waals surface area contributed by atoms with Gasteiger partial charge >= 0.3 is 0 Å². The molecule has 8 heavy (non-hydrogen) atoms. The first-order chi connectivity index (χ1) is 3.81. The van der Waals surface area contributed by atoms with Crippen LogP contribution in [0.25, 0.3) is 0 Å². The monoisotopic (exact) mass is 134 g/mol. The number of hydrogen-bond donors (Lipinski definition) is 2. The molecule has 1 atom stereocenters. The summed E-state index contributed by atoms with van der Waals surface area (Å²) in [6, 6.07) is 0.444. The second-order valence-corrected chi connectivity index (χ2v) is 3.05. The Kier molecular flexibility index (Phi) is 5.59. The molecule has 0 rings (SSSR count). The lowest BCUT2D eigenvalue weighted by Crippen LogP contribution is -2.34. The molecule has 0 fully saturated rings. The van der Waals surface area contributed by atoms with Crippen LogP contribution >= 0.6 is 11.8 Å². The quantitative estimate of drug-likeness (QED) is 0.436. The summed E-state index contributed by atoms with van der Waals surface area (Å²) >= 11 is 1.90. The minimum Gasteiger partial charge on any atom is -0.271 e. The molecular formula is C5H14N2S. The number of rotatable bonds is 4. The van der Waals surface area contributed by atoms with Crippen LogP contribution in [0.2, 0.25) is 0 Å². The molecule has 3 N–H and O–H groups in total. The summed E-state index contributed by atoms with van der Waals surface area (Å²) < 4.78 is 0. The summed E-state index contributed by atoms with van der Waals surface area (Å²) in [4.78, 5) is 0. The zero-order chi connectivity index (χ0) is 6.41. The molecule has 0 unspecified atom stereocenters. The van der Waals surface area contributed by atoms with E-state index < -0.39 is 0 Å². The van der Waals surface area contributed by atoms with Crippen molar-refractivity contribution >= 4 is 11.8 Å². The van der Waals surface area contributed by atoms with Gasteiger partial charge < -0.3 is 0 Å². The van der Waals surface area contributed by atoms with Gasteiger partial charge in [-0.15, -0.1) is 0 Å². The van der Waals surface area contributed by atoms with E-state index >= 15 is 0 Å². The zero-order valence-corrected chi connectivity index (χ0v) is 6.29. The largest absolute Gasteiger partial charge is 0.271 e. The van der Waals surface area contributed by atoms with Gasteiger partial charge in [-0.05, 0) is 12.7 Å². The molecule has 0 amide bonds. The Morgan fingerprint density at radius 2 is 2.38 bits per heavy atom. The number of nitrogens with one attached hydrogen (secondary N) is 1. The summed E-state index contributed by atoms with van der Waals surface area (Å²) in [5.41, 5.74) is 2.68. The van der Waals surface area contributed by atoms with Gasteiger partial charge in [-0.25, -0.2) is 0 Å². The highest BCUT2D eigenvalue weighted by Crippen LogP contribution is 1.99. The molecule has 50 valence electrons. The third-order valence-corrected chi connectivity index (χ3v) is 2.00. The standard InChI is InChI=1S/C5H14N2S/c1-3-8-4-5(2)7-6/h5,7H,3-4,6H2,1-2H3/t5-/m1/s1. The highest BCUT2D eigenvalue weighted by atomic mass is 32.2. The molecule has 0 saturated carbocycles. The first kappa shape index (κ1) is 8.27. The number of thioether (sulfide) groups is 1. The minimum absolute atomic E-state index is 0.444. The van der Waals surface area contributed by atoms with Gasteiger partial charge in [0.1, 0.15) is 0 Å². The second kappa shape index (κ2) is 5.41. The van der Waals surface area contributed by atoms with Gasteiger partial charge in [0.15, 0.2) is 0 Å². The van der Waals surface area contributed by atoms with E-state index in [4.69, 9.17) is 5.84 Å². The molecule has 0 bridgehead atoms. The van der Waals surface area contributed by atoms with Crippen molar-refractivity contribution in [2.75, 3.05) is 11.5 Å². The smallest absolute Gasteiger partial charge is 0.0272 e. The number of hydrogen-bond acceptors (Lipinski definition) is 3. The molecule has 2 nitrogen and oxygen atoms in total. The Morgan fingerprint density at radius 3 is 2.75 bits per heavy atom. The summed E-state index contributed by atoms with van der Waals surface area (Å²) in [6.45, 7) is 4.22. The molecule has 0 aromatic heterocycles. The normalized spacial score (nSPS) is 13.9. The van der Waals surface area contributed by atoms with E-state index in [9.17, 15) is 0 Å². The molecule has 0 aliphatic heterocycles. The third-order valence-electron chi connectivity index (χ3n) is 0.856. The molecule has 3 heteroatoms. The van der Waals surface area contributed by atoms with Crippen molar-refractivity contribution in [1.29, 1.82) is 0 Å². The fourth-order valence-electron chi connectivity index (χ4n) is 0.343. The van der Waals surface area contributed by atoms with Crippen LogP contribution in [-0.2, 0) is 0 Å². The molecule has 0 radical (unpaired) electrons. The maximum atomic E-state index is 5.15. The molecule has 0 aromatic carbocycles. The minimum atomic E-state index is 0.444. The van der Waals surface area contributed by atoms with E-state index in [1.807, 2.05) is 11.8 Å². The van der Waals surface area contributed by atoms with Gasteiger partial charge in [0, 0.05) is 11.8 Å². The van der Waals surface area contributed by atoms with Crippen LogP contribution in [0, 0.1) is 0 Å². The van der Waals surface area contributed by atoms with E-state index in [0.717, 1.165) is 5.75 Å². The lowest BCUT2D eigenvalue weighted by Gasteiger charge is -2.06. The van der Waals surface area contributed by atoms with E-state index in [1.165, 1.54) is 5.75 Å². The maximum absolute atomic E-state index is 5.15. The molecular weight excluding hydrogens is 120 g/mol.